The fourth-order valence-corrected chi connectivity index (χ4v) is 1.24. The Morgan fingerprint density at radius 2 is 2.08 bits per heavy atom. The third-order valence-electron chi connectivity index (χ3n) is 1.37. The lowest BCUT2D eigenvalue weighted by Gasteiger charge is -2.05. The Balaban J connectivity index is 2.82. The van der Waals surface area contributed by atoms with Crippen LogP contribution in [0.4, 0.5) is 8.78 Å². The number of ether oxygens (including phenoxy) is 1. The van der Waals surface area contributed by atoms with Crippen molar-refractivity contribution in [2.24, 2.45) is 0 Å². The molecule has 0 aliphatic heterocycles. The smallest absolute Gasteiger partial charge is 0.387 e. The molecular weight excluding hydrogens is 277 g/mol. The number of alkyl halides is 2. The molecule has 0 amide bonds. The molecule has 1 aromatic carbocycles. The predicted octanol–water partition coefficient (Wildman–Crippen LogP) is 3.20. The van der Waals surface area contributed by atoms with Gasteiger partial charge < -0.3 is 4.74 Å². The van der Waals surface area contributed by atoms with Crippen molar-refractivity contribution in [1.82, 2.24) is 0 Å². The van der Waals surface area contributed by atoms with Gasteiger partial charge in [0.1, 0.15) is 5.75 Å². The van der Waals surface area contributed by atoms with Gasteiger partial charge in [0.2, 0.25) is 0 Å². The summed E-state index contributed by atoms with van der Waals surface area (Å²) in [7, 11) is 0. The van der Waals surface area contributed by atoms with Crippen molar-refractivity contribution in [1.29, 1.82) is 0 Å². The van der Waals surface area contributed by atoms with Crippen molar-refractivity contribution in [3.05, 3.63) is 27.3 Å². The number of aryl methyl sites for hydroxylation is 1. The SMILES string of the molecule is Cc1ccc(OC(F)F)cc1I. The molecule has 0 radical (unpaired) electrons. The lowest BCUT2D eigenvalue weighted by atomic mass is 10.2. The van der Waals surface area contributed by atoms with Crippen LogP contribution in [-0.2, 0) is 0 Å². The lowest BCUT2D eigenvalue weighted by Crippen LogP contribution is -2.01. The molecule has 1 aromatic rings. The third kappa shape index (κ3) is 2.58. The Morgan fingerprint density at radius 1 is 1.42 bits per heavy atom. The third-order valence-corrected chi connectivity index (χ3v) is 2.53. The predicted molar refractivity (Wildman–Crippen MR) is 50.5 cm³/mol. The molecule has 1 nitrogen and oxygen atoms in total. The molecule has 0 unspecified atom stereocenters. The zero-order chi connectivity index (χ0) is 9.14. The molecule has 0 spiro atoms. The van der Waals surface area contributed by atoms with Gasteiger partial charge in [0.15, 0.2) is 0 Å². The number of hydrogen-bond donors (Lipinski definition) is 0. The van der Waals surface area contributed by atoms with Crippen LogP contribution in [0.15, 0.2) is 18.2 Å². The Kier molecular flexibility index (Phi) is 3.25. The highest BCUT2D eigenvalue weighted by Gasteiger charge is 2.04. The molecule has 0 heterocycles. The van der Waals surface area contributed by atoms with Gasteiger partial charge >= 0.3 is 6.61 Å². The average Bonchev–Trinajstić information content (AvgIpc) is 1.96. The molecule has 0 saturated carbocycles. The molecular formula is C8H7F2IO. The van der Waals surface area contributed by atoms with Crippen LogP contribution in [0.3, 0.4) is 0 Å². The lowest BCUT2D eigenvalue weighted by molar-refractivity contribution is -0.0498. The van der Waals surface area contributed by atoms with Crippen molar-refractivity contribution in [2.45, 2.75) is 13.5 Å². The van der Waals surface area contributed by atoms with E-state index >= 15 is 0 Å². The highest BCUT2D eigenvalue weighted by atomic mass is 127. The second kappa shape index (κ2) is 4.02. The van der Waals surface area contributed by atoms with E-state index in [0.717, 1.165) is 9.13 Å². The van der Waals surface area contributed by atoms with Crippen LogP contribution in [0, 0.1) is 10.5 Å². The zero-order valence-electron chi connectivity index (χ0n) is 6.35. The first-order valence-electron chi connectivity index (χ1n) is 3.30. The van der Waals surface area contributed by atoms with Crippen LogP contribution in [-0.4, -0.2) is 6.61 Å². The van der Waals surface area contributed by atoms with Crippen molar-refractivity contribution >= 4 is 22.6 Å². The Hall–Kier alpha value is -0.390. The van der Waals surface area contributed by atoms with Crippen LogP contribution in [0.2, 0.25) is 0 Å². The molecule has 0 atom stereocenters. The summed E-state index contributed by atoms with van der Waals surface area (Å²) in [6.07, 6.45) is 0. The van der Waals surface area contributed by atoms with Crippen LogP contribution >= 0.6 is 22.6 Å². The van der Waals surface area contributed by atoms with E-state index in [0.29, 0.717) is 0 Å². The Bertz CT molecular complexity index is 276. The molecule has 0 aliphatic rings. The minimum Gasteiger partial charge on any atom is -0.435 e. The molecule has 12 heavy (non-hydrogen) atoms. The second-order valence-corrected chi connectivity index (χ2v) is 3.45. The summed E-state index contributed by atoms with van der Waals surface area (Å²) in [4.78, 5) is 0. The van der Waals surface area contributed by atoms with Gasteiger partial charge in [0.05, 0.1) is 0 Å². The number of benzene rings is 1. The maximum absolute atomic E-state index is 11.7. The number of hydrogen-bond acceptors (Lipinski definition) is 1. The van der Waals surface area contributed by atoms with E-state index in [9.17, 15) is 8.78 Å². The second-order valence-electron chi connectivity index (χ2n) is 2.29. The Morgan fingerprint density at radius 3 is 2.58 bits per heavy atom. The summed E-state index contributed by atoms with van der Waals surface area (Å²) in [5, 5.41) is 0. The summed E-state index contributed by atoms with van der Waals surface area (Å²) in [6, 6.07) is 4.87. The van der Waals surface area contributed by atoms with Crippen LogP contribution in [0.5, 0.6) is 5.75 Å². The van der Waals surface area contributed by atoms with Crippen molar-refractivity contribution in [2.75, 3.05) is 0 Å². The molecule has 4 heteroatoms. The monoisotopic (exact) mass is 284 g/mol. The average molecular weight is 284 g/mol. The minimum absolute atomic E-state index is 0.208. The normalized spacial score (nSPS) is 10.4. The maximum Gasteiger partial charge on any atom is 0.387 e. The molecule has 0 bridgehead atoms. The van der Waals surface area contributed by atoms with Gasteiger partial charge in [-0.05, 0) is 47.2 Å². The summed E-state index contributed by atoms with van der Waals surface area (Å²) in [5.74, 6) is 0.208. The van der Waals surface area contributed by atoms with Crippen LogP contribution in [0.25, 0.3) is 0 Å². The van der Waals surface area contributed by atoms with Gasteiger partial charge in [-0.3, -0.25) is 0 Å². The van der Waals surface area contributed by atoms with Gasteiger partial charge in [-0.2, -0.15) is 8.78 Å². The van der Waals surface area contributed by atoms with E-state index in [4.69, 9.17) is 0 Å². The van der Waals surface area contributed by atoms with E-state index < -0.39 is 6.61 Å². The topological polar surface area (TPSA) is 9.23 Å². The zero-order valence-corrected chi connectivity index (χ0v) is 8.51. The summed E-state index contributed by atoms with van der Waals surface area (Å²) in [5.41, 5.74) is 1.05. The van der Waals surface area contributed by atoms with Crippen molar-refractivity contribution in [3.63, 3.8) is 0 Å². The van der Waals surface area contributed by atoms with Crippen LogP contribution in [0.1, 0.15) is 5.56 Å². The molecule has 0 N–H and O–H groups in total. The molecule has 0 fully saturated rings. The highest BCUT2D eigenvalue weighted by Crippen LogP contribution is 2.20. The quantitative estimate of drug-likeness (QED) is 0.758. The fourth-order valence-electron chi connectivity index (χ4n) is 0.750. The minimum atomic E-state index is -2.75. The fraction of sp³-hybridized carbons (Fsp3) is 0.250. The van der Waals surface area contributed by atoms with E-state index in [1.807, 2.05) is 6.92 Å². The summed E-state index contributed by atoms with van der Waals surface area (Å²) < 4.78 is 28.6. The standard InChI is InChI=1S/C8H7F2IO/c1-5-2-3-6(4-7(5)11)12-8(9)10/h2-4,8H,1H3. The Labute approximate surface area is 82.9 Å². The molecule has 0 saturated heterocycles. The number of halogens is 3. The van der Waals surface area contributed by atoms with Gasteiger partial charge in [-0.1, -0.05) is 6.07 Å². The molecule has 1 rings (SSSR count). The summed E-state index contributed by atoms with van der Waals surface area (Å²) >= 11 is 2.07. The maximum atomic E-state index is 11.7. The van der Waals surface area contributed by atoms with E-state index in [-0.39, 0.29) is 5.75 Å². The van der Waals surface area contributed by atoms with Crippen molar-refractivity contribution < 1.29 is 13.5 Å². The first-order valence-corrected chi connectivity index (χ1v) is 4.38. The van der Waals surface area contributed by atoms with E-state index in [1.165, 1.54) is 6.07 Å². The van der Waals surface area contributed by atoms with Gasteiger partial charge in [0.25, 0.3) is 0 Å². The highest BCUT2D eigenvalue weighted by molar-refractivity contribution is 14.1. The van der Waals surface area contributed by atoms with Crippen LogP contribution < -0.4 is 4.74 Å². The van der Waals surface area contributed by atoms with Crippen molar-refractivity contribution in [3.8, 4) is 5.75 Å². The summed E-state index contributed by atoms with van der Waals surface area (Å²) in [6.45, 7) is -0.836. The number of rotatable bonds is 2. The van der Waals surface area contributed by atoms with E-state index in [1.54, 1.807) is 12.1 Å². The first kappa shape index (κ1) is 9.70. The van der Waals surface area contributed by atoms with E-state index in [2.05, 4.69) is 27.3 Å². The van der Waals surface area contributed by atoms with Gasteiger partial charge in [0, 0.05) is 3.57 Å². The molecule has 66 valence electrons. The molecule has 0 aromatic heterocycles. The molecule has 0 aliphatic carbocycles. The van der Waals surface area contributed by atoms with Gasteiger partial charge in [-0.15, -0.1) is 0 Å². The first-order chi connectivity index (χ1) is 5.59. The largest absolute Gasteiger partial charge is 0.435 e. The van der Waals surface area contributed by atoms with Gasteiger partial charge in [-0.25, -0.2) is 0 Å².